The SMILES string of the molecule is CC1CCN(c2ccc(CNC(C)(C)C)cc2)C1CO. The van der Waals surface area contributed by atoms with Gasteiger partial charge in [-0.2, -0.15) is 0 Å². The molecule has 1 aromatic carbocycles. The Bertz CT molecular complexity index is 422. The summed E-state index contributed by atoms with van der Waals surface area (Å²) in [6.45, 7) is 10.9. The van der Waals surface area contributed by atoms with E-state index in [1.54, 1.807) is 0 Å². The van der Waals surface area contributed by atoms with Crippen LogP contribution in [-0.4, -0.2) is 29.8 Å². The molecular formula is C17H28N2O. The highest BCUT2D eigenvalue weighted by molar-refractivity contribution is 5.49. The van der Waals surface area contributed by atoms with Crippen molar-refractivity contribution in [2.45, 2.75) is 52.2 Å². The van der Waals surface area contributed by atoms with E-state index in [9.17, 15) is 5.11 Å². The Morgan fingerprint density at radius 3 is 2.45 bits per heavy atom. The first kappa shape index (κ1) is 15.3. The molecule has 0 spiro atoms. The van der Waals surface area contributed by atoms with Crippen LogP contribution in [0.4, 0.5) is 5.69 Å². The molecule has 0 radical (unpaired) electrons. The van der Waals surface area contributed by atoms with Crippen LogP contribution >= 0.6 is 0 Å². The van der Waals surface area contributed by atoms with Gasteiger partial charge in [-0.1, -0.05) is 19.1 Å². The van der Waals surface area contributed by atoms with E-state index in [0.29, 0.717) is 5.92 Å². The molecule has 1 saturated heterocycles. The van der Waals surface area contributed by atoms with Gasteiger partial charge in [-0.15, -0.1) is 0 Å². The molecule has 0 amide bonds. The maximum absolute atomic E-state index is 9.54. The highest BCUT2D eigenvalue weighted by Crippen LogP contribution is 2.29. The van der Waals surface area contributed by atoms with Crippen LogP contribution in [0, 0.1) is 5.92 Å². The molecule has 1 fully saturated rings. The Hall–Kier alpha value is -1.06. The zero-order chi connectivity index (χ0) is 14.8. The number of hydrogen-bond acceptors (Lipinski definition) is 3. The van der Waals surface area contributed by atoms with E-state index in [1.165, 1.54) is 17.7 Å². The van der Waals surface area contributed by atoms with Crippen LogP contribution in [0.3, 0.4) is 0 Å². The molecular weight excluding hydrogens is 248 g/mol. The van der Waals surface area contributed by atoms with E-state index in [-0.39, 0.29) is 18.2 Å². The Labute approximate surface area is 123 Å². The molecule has 0 aliphatic carbocycles. The van der Waals surface area contributed by atoms with Crippen molar-refractivity contribution >= 4 is 5.69 Å². The summed E-state index contributed by atoms with van der Waals surface area (Å²) in [5, 5.41) is 13.0. The first-order chi connectivity index (χ1) is 9.40. The molecule has 1 aromatic rings. The van der Waals surface area contributed by atoms with E-state index in [0.717, 1.165) is 13.1 Å². The minimum absolute atomic E-state index is 0.144. The first-order valence-electron chi connectivity index (χ1n) is 7.62. The summed E-state index contributed by atoms with van der Waals surface area (Å²) in [7, 11) is 0. The van der Waals surface area contributed by atoms with Gasteiger partial charge in [0.05, 0.1) is 12.6 Å². The number of benzene rings is 1. The van der Waals surface area contributed by atoms with Crippen molar-refractivity contribution in [1.29, 1.82) is 0 Å². The van der Waals surface area contributed by atoms with Gasteiger partial charge in [0, 0.05) is 24.3 Å². The van der Waals surface area contributed by atoms with E-state index in [2.05, 4.69) is 62.2 Å². The first-order valence-corrected chi connectivity index (χ1v) is 7.62. The standard InChI is InChI=1S/C17H28N2O/c1-13-9-10-19(16(13)12-20)15-7-5-14(6-8-15)11-18-17(2,3)4/h5-8,13,16,18,20H,9-12H2,1-4H3. The van der Waals surface area contributed by atoms with Gasteiger partial charge in [0.2, 0.25) is 0 Å². The molecule has 1 aliphatic heterocycles. The molecule has 1 heterocycles. The van der Waals surface area contributed by atoms with Crippen LogP contribution in [0.5, 0.6) is 0 Å². The van der Waals surface area contributed by atoms with Crippen molar-refractivity contribution in [2.24, 2.45) is 5.92 Å². The van der Waals surface area contributed by atoms with E-state index >= 15 is 0 Å². The van der Waals surface area contributed by atoms with Crippen LogP contribution in [-0.2, 0) is 6.54 Å². The van der Waals surface area contributed by atoms with Gasteiger partial charge in [-0.25, -0.2) is 0 Å². The number of nitrogens with zero attached hydrogens (tertiary/aromatic N) is 1. The van der Waals surface area contributed by atoms with E-state index in [1.807, 2.05) is 0 Å². The predicted molar refractivity (Wildman–Crippen MR) is 85.0 cm³/mol. The van der Waals surface area contributed by atoms with Crippen molar-refractivity contribution in [3.05, 3.63) is 29.8 Å². The number of anilines is 1. The maximum atomic E-state index is 9.54. The Morgan fingerprint density at radius 2 is 1.90 bits per heavy atom. The lowest BCUT2D eigenvalue weighted by atomic mass is 10.0. The highest BCUT2D eigenvalue weighted by Gasteiger charge is 2.30. The van der Waals surface area contributed by atoms with Crippen LogP contribution < -0.4 is 10.2 Å². The molecule has 0 bridgehead atoms. The topological polar surface area (TPSA) is 35.5 Å². The van der Waals surface area contributed by atoms with Gasteiger partial charge < -0.3 is 15.3 Å². The predicted octanol–water partition coefficient (Wildman–Crippen LogP) is 2.78. The summed E-state index contributed by atoms with van der Waals surface area (Å²) < 4.78 is 0. The molecule has 1 aliphatic rings. The van der Waals surface area contributed by atoms with Gasteiger partial charge >= 0.3 is 0 Å². The van der Waals surface area contributed by atoms with Crippen LogP contribution in [0.15, 0.2) is 24.3 Å². The molecule has 2 unspecified atom stereocenters. The minimum Gasteiger partial charge on any atom is -0.394 e. The van der Waals surface area contributed by atoms with Gasteiger partial charge in [0.15, 0.2) is 0 Å². The van der Waals surface area contributed by atoms with Gasteiger partial charge in [0.25, 0.3) is 0 Å². The fourth-order valence-corrected chi connectivity index (χ4v) is 2.78. The third-order valence-electron chi connectivity index (χ3n) is 4.16. The molecule has 112 valence electrons. The van der Waals surface area contributed by atoms with Crippen molar-refractivity contribution in [1.82, 2.24) is 5.32 Å². The smallest absolute Gasteiger partial charge is 0.0637 e. The van der Waals surface area contributed by atoms with Crippen molar-refractivity contribution in [3.63, 3.8) is 0 Å². The normalized spacial score (nSPS) is 23.4. The molecule has 3 heteroatoms. The second-order valence-corrected chi connectivity index (χ2v) is 6.98. The summed E-state index contributed by atoms with van der Waals surface area (Å²) in [5.41, 5.74) is 2.68. The van der Waals surface area contributed by atoms with Crippen LogP contribution in [0.2, 0.25) is 0 Å². The van der Waals surface area contributed by atoms with Gasteiger partial charge in [0.1, 0.15) is 0 Å². The van der Waals surface area contributed by atoms with E-state index in [4.69, 9.17) is 0 Å². The van der Waals surface area contributed by atoms with E-state index < -0.39 is 0 Å². The number of hydrogen-bond donors (Lipinski definition) is 2. The largest absolute Gasteiger partial charge is 0.394 e. The molecule has 2 rings (SSSR count). The lowest BCUT2D eigenvalue weighted by Gasteiger charge is -2.27. The third kappa shape index (κ3) is 3.74. The second-order valence-electron chi connectivity index (χ2n) is 6.98. The minimum atomic E-state index is 0.144. The molecule has 0 aromatic heterocycles. The average Bonchev–Trinajstić information content (AvgIpc) is 2.77. The zero-order valence-corrected chi connectivity index (χ0v) is 13.2. The van der Waals surface area contributed by atoms with Crippen molar-refractivity contribution < 1.29 is 5.11 Å². The third-order valence-corrected chi connectivity index (χ3v) is 4.16. The Kier molecular flexibility index (Phi) is 4.71. The van der Waals surface area contributed by atoms with Crippen LogP contribution in [0.25, 0.3) is 0 Å². The summed E-state index contributed by atoms with van der Waals surface area (Å²) in [4.78, 5) is 2.34. The highest BCUT2D eigenvalue weighted by atomic mass is 16.3. The van der Waals surface area contributed by atoms with Crippen molar-refractivity contribution in [2.75, 3.05) is 18.1 Å². The monoisotopic (exact) mass is 276 g/mol. The fourth-order valence-electron chi connectivity index (χ4n) is 2.78. The quantitative estimate of drug-likeness (QED) is 0.887. The number of rotatable bonds is 4. The molecule has 2 N–H and O–H groups in total. The lowest BCUT2D eigenvalue weighted by molar-refractivity contribution is 0.245. The molecule has 2 atom stereocenters. The molecule has 3 nitrogen and oxygen atoms in total. The summed E-state index contributed by atoms with van der Waals surface area (Å²) in [6, 6.07) is 9.01. The maximum Gasteiger partial charge on any atom is 0.0637 e. The fraction of sp³-hybridized carbons (Fsp3) is 0.647. The average molecular weight is 276 g/mol. The van der Waals surface area contributed by atoms with Crippen molar-refractivity contribution in [3.8, 4) is 0 Å². The molecule has 0 saturated carbocycles. The van der Waals surface area contributed by atoms with Gasteiger partial charge in [-0.3, -0.25) is 0 Å². The summed E-state index contributed by atoms with van der Waals surface area (Å²) in [5.74, 6) is 0.572. The summed E-state index contributed by atoms with van der Waals surface area (Å²) >= 11 is 0. The number of aliphatic hydroxyl groups excluding tert-OH is 1. The van der Waals surface area contributed by atoms with Gasteiger partial charge in [-0.05, 0) is 50.8 Å². The lowest BCUT2D eigenvalue weighted by Crippen LogP contribution is -2.35. The Morgan fingerprint density at radius 1 is 1.25 bits per heavy atom. The Balaban J connectivity index is 2.01. The zero-order valence-electron chi connectivity index (χ0n) is 13.2. The second kappa shape index (κ2) is 6.15. The molecule has 20 heavy (non-hydrogen) atoms. The number of aliphatic hydroxyl groups is 1. The van der Waals surface area contributed by atoms with Crippen LogP contribution in [0.1, 0.15) is 39.7 Å². The number of nitrogens with one attached hydrogen (secondary N) is 1. The summed E-state index contributed by atoms with van der Waals surface area (Å²) in [6.07, 6.45) is 1.17.